The average molecular weight is 401 g/mol. The molecule has 0 aromatic heterocycles. The average Bonchev–Trinajstić information content (AvgIpc) is 2.70. The highest BCUT2D eigenvalue weighted by atomic mass is 16.5. The number of aromatic hydroxyl groups is 1. The van der Waals surface area contributed by atoms with Crippen LogP contribution >= 0.6 is 0 Å². The van der Waals surface area contributed by atoms with Gasteiger partial charge < -0.3 is 24.6 Å². The maximum Gasteiger partial charge on any atom is 0.305 e. The van der Waals surface area contributed by atoms with Crippen molar-refractivity contribution in [2.24, 2.45) is 0 Å². The number of nitrogens with one attached hydrogen (secondary N) is 1. The molecule has 0 atom stereocenters. The fourth-order valence-corrected chi connectivity index (χ4v) is 2.36. The third-order valence-electron chi connectivity index (χ3n) is 3.72. The molecule has 0 bridgehead atoms. The molecule has 8 nitrogen and oxygen atoms in total. The number of phenols is 1. The third kappa shape index (κ3) is 7.53. The van der Waals surface area contributed by atoms with Crippen LogP contribution in [-0.2, 0) is 14.3 Å². The fraction of sp³-hybridized carbons (Fsp3) is 0.286. The largest absolute Gasteiger partial charge is 0.507 e. The zero-order valence-corrected chi connectivity index (χ0v) is 16.1. The Morgan fingerprint density at radius 1 is 1.10 bits per heavy atom. The van der Waals surface area contributed by atoms with Gasteiger partial charge in [0.15, 0.2) is 12.9 Å². The van der Waals surface area contributed by atoms with Crippen LogP contribution in [0.4, 0.5) is 5.69 Å². The quantitative estimate of drug-likeness (QED) is 0.338. The molecule has 2 N–H and O–H groups in total. The van der Waals surface area contributed by atoms with Crippen molar-refractivity contribution in [1.82, 2.24) is 0 Å². The number of benzene rings is 2. The van der Waals surface area contributed by atoms with E-state index in [4.69, 9.17) is 14.2 Å². The Labute approximate surface area is 168 Å². The molecule has 154 valence electrons. The molecule has 2 aromatic rings. The molecule has 0 heterocycles. The van der Waals surface area contributed by atoms with Gasteiger partial charge in [0.1, 0.15) is 17.2 Å². The van der Waals surface area contributed by atoms with Crippen molar-refractivity contribution in [2.75, 3.05) is 25.1 Å². The topological polar surface area (TPSA) is 111 Å². The van der Waals surface area contributed by atoms with Gasteiger partial charge in [-0.1, -0.05) is 6.07 Å². The summed E-state index contributed by atoms with van der Waals surface area (Å²) >= 11 is 0. The van der Waals surface area contributed by atoms with E-state index >= 15 is 0 Å². The standard InChI is InChI=1S/C21H23NO7/c1-2-27-21(26)7-4-10-28-17-6-3-5-16(11-17)22-20(25)14-29-18-9-8-15(13-23)19(24)12-18/h3,5-6,8-9,11-13,24H,2,4,7,10,14H2,1H3,(H,22,25). The molecule has 0 saturated heterocycles. The van der Waals surface area contributed by atoms with Crippen molar-refractivity contribution < 1.29 is 33.7 Å². The van der Waals surface area contributed by atoms with Gasteiger partial charge in [0.2, 0.25) is 0 Å². The van der Waals surface area contributed by atoms with Crippen molar-refractivity contribution in [2.45, 2.75) is 19.8 Å². The molecule has 0 spiro atoms. The molecular weight excluding hydrogens is 378 g/mol. The summed E-state index contributed by atoms with van der Waals surface area (Å²) in [4.78, 5) is 34.0. The van der Waals surface area contributed by atoms with E-state index in [0.717, 1.165) is 0 Å². The molecule has 0 fully saturated rings. The first-order valence-electron chi connectivity index (χ1n) is 9.11. The molecule has 0 saturated carbocycles. The van der Waals surface area contributed by atoms with Crippen molar-refractivity contribution in [3.05, 3.63) is 48.0 Å². The first-order valence-corrected chi connectivity index (χ1v) is 9.11. The number of esters is 1. The van der Waals surface area contributed by atoms with Gasteiger partial charge in [-0.15, -0.1) is 0 Å². The number of hydrogen-bond acceptors (Lipinski definition) is 7. The number of anilines is 1. The summed E-state index contributed by atoms with van der Waals surface area (Å²) in [7, 11) is 0. The number of hydrogen-bond donors (Lipinski definition) is 2. The Morgan fingerprint density at radius 2 is 1.90 bits per heavy atom. The minimum absolute atomic E-state index is 0.140. The Kier molecular flexibility index (Phi) is 8.50. The van der Waals surface area contributed by atoms with Crippen LogP contribution in [0.3, 0.4) is 0 Å². The molecule has 2 rings (SSSR count). The van der Waals surface area contributed by atoms with E-state index in [9.17, 15) is 19.5 Å². The maximum atomic E-state index is 12.1. The van der Waals surface area contributed by atoms with Crippen LogP contribution in [0.15, 0.2) is 42.5 Å². The van der Waals surface area contributed by atoms with Crippen LogP contribution < -0.4 is 14.8 Å². The lowest BCUT2D eigenvalue weighted by molar-refractivity contribution is -0.143. The number of carbonyl (C=O) groups is 3. The number of amides is 1. The minimum atomic E-state index is -0.400. The number of phenolic OH excluding ortho intramolecular Hbond substituents is 1. The second-order valence-electron chi connectivity index (χ2n) is 5.96. The van der Waals surface area contributed by atoms with Gasteiger partial charge in [-0.3, -0.25) is 14.4 Å². The summed E-state index contributed by atoms with van der Waals surface area (Å²) in [5, 5.41) is 12.3. The molecule has 0 unspecified atom stereocenters. The third-order valence-corrected chi connectivity index (χ3v) is 3.72. The summed E-state index contributed by atoms with van der Waals surface area (Å²) in [6, 6.07) is 11.0. The Hall–Kier alpha value is -3.55. The molecule has 0 aliphatic rings. The second kappa shape index (κ2) is 11.3. The van der Waals surface area contributed by atoms with Gasteiger partial charge in [-0.2, -0.15) is 0 Å². The van der Waals surface area contributed by atoms with Crippen LogP contribution in [0.25, 0.3) is 0 Å². The van der Waals surface area contributed by atoms with Gasteiger partial charge >= 0.3 is 5.97 Å². The Balaban J connectivity index is 1.78. The maximum absolute atomic E-state index is 12.1. The van der Waals surface area contributed by atoms with Crippen molar-refractivity contribution in [3.8, 4) is 17.2 Å². The fourth-order valence-electron chi connectivity index (χ4n) is 2.36. The summed E-state index contributed by atoms with van der Waals surface area (Å²) in [5.41, 5.74) is 0.668. The van der Waals surface area contributed by atoms with Gasteiger partial charge in [0.25, 0.3) is 5.91 Å². The van der Waals surface area contributed by atoms with E-state index in [1.807, 2.05) is 0 Å². The summed E-state index contributed by atoms with van der Waals surface area (Å²) in [6.07, 6.45) is 1.34. The van der Waals surface area contributed by atoms with E-state index < -0.39 is 5.91 Å². The summed E-state index contributed by atoms with van der Waals surface area (Å²) in [6.45, 7) is 2.19. The second-order valence-corrected chi connectivity index (χ2v) is 5.96. The smallest absolute Gasteiger partial charge is 0.305 e. The molecule has 0 aliphatic heterocycles. The van der Waals surface area contributed by atoms with E-state index in [2.05, 4.69) is 5.32 Å². The highest BCUT2D eigenvalue weighted by Gasteiger charge is 2.07. The summed E-state index contributed by atoms with van der Waals surface area (Å²) in [5.74, 6) is -0.0516. The molecule has 8 heteroatoms. The van der Waals surface area contributed by atoms with Crippen LogP contribution in [-0.4, -0.2) is 43.1 Å². The normalized spacial score (nSPS) is 10.1. The van der Waals surface area contributed by atoms with Crippen LogP contribution in [0.5, 0.6) is 17.2 Å². The van der Waals surface area contributed by atoms with Gasteiger partial charge in [0.05, 0.1) is 18.8 Å². The Bertz CT molecular complexity index is 851. The first-order chi connectivity index (χ1) is 14.0. The molecule has 0 radical (unpaired) electrons. The summed E-state index contributed by atoms with van der Waals surface area (Å²) < 4.78 is 15.7. The van der Waals surface area contributed by atoms with E-state index in [0.29, 0.717) is 37.4 Å². The highest BCUT2D eigenvalue weighted by Crippen LogP contribution is 2.22. The number of carbonyl (C=O) groups excluding carboxylic acids is 3. The zero-order valence-electron chi connectivity index (χ0n) is 16.1. The molecule has 29 heavy (non-hydrogen) atoms. The van der Waals surface area contributed by atoms with Crippen LogP contribution in [0.2, 0.25) is 0 Å². The molecule has 2 aromatic carbocycles. The van der Waals surface area contributed by atoms with Gasteiger partial charge in [-0.25, -0.2) is 0 Å². The number of rotatable bonds is 11. The Morgan fingerprint density at radius 3 is 2.62 bits per heavy atom. The van der Waals surface area contributed by atoms with E-state index in [-0.39, 0.29) is 36.1 Å². The monoisotopic (exact) mass is 401 g/mol. The van der Waals surface area contributed by atoms with Crippen molar-refractivity contribution in [1.29, 1.82) is 0 Å². The van der Waals surface area contributed by atoms with Crippen molar-refractivity contribution in [3.63, 3.8) is 0 Å². The lowest BCUT2D eigenvalue weighted by Crippen LogP contribution is -2.20. The number of ether oxygens (including phenoxy) is 3. The van der Waals surface area contributed by atoms with Crippen LogP contribution in [0.1, 0.15) is 30.1 Å². The molecular formula is C21H23NO7. The highest BCUT2D eigenvalue weighted by molar-refractivity contribution is 5.92. The molecule has 0 aliphatic carbocycles. The first kappa shape index (κ1) is 21.7. The van der Waals surface area contributed by atoms with Crippen LogP contribution in [0, 0.1) is 0 Å². The predicted molar refractivity (Wildman–Crippen MR) is 105 cm³/mol. The predicted octanol–water partition coefficient (Wildman–Crippen LogP) is 2.94. The lowest BCUT2D eigenvalue weighted by atomic mass is 10.2. The number of aldehydes is 1. The van der Waals surface area contributed by atoms with Gasteiger partial charge in [-0.05, 0) is 37.6 Å². The van der Waals surface area contributed by atoms with Gasteiger partial charge in [0, 0.05) is 24.2 Å². The van der Waals surface area contributed by atoms with E-state index in [1.54, 1.807) is 31.2 Å². The lowest BCUT2D eigenvalue weighted by Gasteiger charge is -2.10. The SMILES string of the molecule is CCOC(=O)CCCOc1cccc(NC(=O)COc2ccc(C=O)c(O)c2)c1. The minimum Gasteiger partial charge on any atom is -0.507 e. The zero-order chi connectivity index (χ0) is 21.1. The van der Waals surface area contributed by atoms with E-state index in [1.165, 1.54) is 18.2 Å². The van der Waals surface area contributed by atoms with Crippen molar-refractivity contribution >= 4 is 23.9 Å². The molecule has 1 amide bonds.